The van der Waals surface area contributed by atoms with Crippen molar-refractivity contribution in [1.29, 1.82) is 0 Å². The highest BCUT2D eigenvalue weighted by Crippen LogP contribution is 2.25. The first kappa shape index (κ1) is 16.9. The van der Waals surface area contributed by atoms with Gasteiger partial charge in [-0.2, -0.15) is 0 Å². The number of halogens is 1. The lowest BCUT2D eigenvalue weighted by Crippen LogP contribution is -2.23. The van der Waals surface area contributed by atoms with E-state index in [9.17, 15) is 14.9 Å². The number of nitrogens with zero attached hydrogens (tertiary/aromatic N) is 2. The maximum atomic E-state index is 12.3. The van der Waals surface area contributed by atoms with Crippen LogP contribution in [0.15, 0.2) is 48.5 Å². The minimum absolute atomic E-state index is 0.00250. The molecule has 7 heteroatoms. The van der Waals surface area contributed by atoms with Crippen LogP contribution in [0.25, 0.3) is 10.9 Å². The molecule has 6 nitrogen and oxygen atoms in total. The standard InChI is InChI=1S/C18H14ClN3O3/c1-11-8-13(14-4-2-3-5-16(14)21-11)10-20-18(23)12-6-7-15(19)17(9-12)22(24)25/h2-9H,10H2,1H3,(H,20,23). The number of hydrogen-bond acceptors (Lipinski definition) is 4. The molecule has 0 spiro atoms. The Morgan fingerprint density at radius 3 is 2.76 bits per heavy atom. The van der Waals surface area contributed by atoms with Crippen LogP contribution in [0.1, 0.15) is 21.6 Å². The number of nitro groups is 1. The molecule has 1 N–H and O–H groups in total. The normalized spacial score (nSPS) is 10.6. The molecule has 25 heavy (non-hydrogen) atoms. The third kappa shape index (κ3) is 3.59. The van der Waals surface area contributed by atoms with E-state index in [0.717, 1.165) is 22.2 Å². The number of hydrogen-bond donors (Lipinski definition) is 1. The fourth-order valence-electron chi connectivity index (χ4n) is 2.61. The predicted molar refractivity (Wildman–Crippen MR) is 95.8 cm³/mol. The highest BCUT2D eigenvalue weighted by molar-refractivity contribution is 6.32. The van der Waals surface area contributed by atoms with Crippen molar-refractivity contribution in [2.75, 3.05) is 0 Å². The van der Waals surface area contributed by atoms with E-state index in [1.807, 2.05) is 37.3 Å². The first-order valence-corrected chi connectivity index (χ1v) is 7.91. The molecule has 0 bridgehead atoms. The lowest BCUT2D eigenvalue weighted by molar-refractivity contribution is -0.384. The van der Waals surface area contributed by atoms with Gasteiger partial charge in [-0.25, -0.2) is 0 Å². The number of amides is 1. The monoisotopic (exact) mass is 355 g/mol. The van der Waals surface area contributed by atoms with Gasteiger partial charge in [0.1, 0.15) is 5.02 Å². The molecule has 3 rings (SSSR count). The summed E-state index contributed by atoms with van der Waals surface area (Å²) in [7, 11) is 0. The summed E-state index contributed by atoms with van der Waals surface area (Å²) in [6.45, 7) is 2.18. The number of carbonyl (C=O) groups is 1. The zero-order valence-corrected chi connectivity index (χ0v) is 14.1. The quantitative estimate of drug-likeness (QED) is 0.565. The van der Waals surface area contributed by atoms with E-state index in [1.165, 1.54) is 18.2 Å². The van der Waals surface area contributed by atoms with E-state index in [1.54, 1.807) is 0 Å². The Hall–Kier alpha value is -2.99. The summed E-state index contributed by atoms with van der Waals surface area (Å²) in [6.07, 6.45) is 0. The molecule has 1 aromatic heterocycles. The Kier molecular flexibility index (Phi) is 4.63. The average Bonchev–Trinajstić information content (AvgIpc) is 2.59. The van der Waals surface area contributed by atoms with E-state index in [0.29, 0.717) is 6.54 Å². The molecule has 126 valence electrons. The summed E-state index contributed by atoms with van der Waals surface area (Å²) < 4.78 is 0. The number of benzene rings is 2. The van der Waals surface area contributed by atoms with Crippen molar-refractivity contribution < 1.29 is 9.72 Å². The Labute approximate surface area is 148 Å². The van der Waals surface area contributed by atoms with Gasteiger partial charge < -0.3 is 5.32 Å². The molecule has 1 amide bonds. The van der Waals surface area contributed by atoms with Gasteiger partial charge in [0.25, 0.3) is 11.6 Å². The maximum absolute atomic E-state index is 12.3. The summed E-state index contributed by atoms with van der Waals surface area (Å²) in [5, 5.41) is 14.7. The number of pyridine rings is 1. The smallest absolute Gasteiger partial charge is 0.288 e. The Bertz CT molecular complexity index is 988. The molecular formula is C18H14ClN3O3. The number of aromatic nitrogens is 1. The molecule has 0 fully saturated rings. The molecule has 0 aliphatic rings. The first-order chi connectivity index (χ1) is 12.0. The molecule has 1 heterocycles. The Morgan fingerprint density at radius 2 is 2.00 bits per heavy atom. The summed E-state index contributed by atoms with van der Waals surface area (Å²) >= 11 is 5.77. The molecule has 0 unspecified atom stereocenters. The van der Waals surface area contributed by atoms with E-state index >= 15 is 0 Å². The second-order valence-corrected chi connectivity index (χ2v) is 5.95. The number of nitrogens with one attached hydrogen (secondary N) is 1. The van der Waals surface area contributed by atoms with Gasteiger partial charge in [-0.05, 0) is 36.8 Å². The zero-order chi connectivity index (χ0) is 18.0. The van der Waals surface area contributed by atoms with Gasteiger partial charge in [0.2, 0.25) is 0 Å². The molecule has 0 aliphatic heterocycles. The number of nitro benzene ring substituents is 1. The summed E-state index contributed by atoms with van der Waals surface area (Å²) in [5.41, 5.74) is 2.53. The van der Waals surface area contributed by atoms with Crippen molar-refractivity contribution in [3.05, 3.63) is 80.5 Å². The molecule has 0 saturated carbocycles. The lowest BCUT2D eigenvalue weighted by Gasteiger charge is -2.10. The first-order valence-electron chi connectivity index (χ1n) is 7.53. The van der Waals surface area contributed by atoms with Gasteiger partial charge in [0.05, 0.1) is 10.4 Å². The zero-order valence-electron chi connectivity index (χ0n) is 13.3. The van der Waals surface area contributed by atoms with Crippen molar-refractivity contribution in [3.63, 3.8) is 0 Å². The van der Waals surface area contributed by atoms with Crippen LogP contribution in [0, 0.1) is 17.0 Å². The molecular weight excluding hydrogens is 342 g/mol. The third-order valence-corrected chi connectivity index (χ3v) is 4.09. The largest absolute Gasteiger partial charge is 0.348 e. The molecule has 0 aliphatic carbocycles. The van der Waals surface area contributed by atoms with Crippen molar-refractivity contribution in [2.24, 2.45) is 0 Å². The van der Waals surface area contributed by atoms with Crippen molar-refractivity contribution >= 4 is 34.1 Å². The average molecular weight is 356 g/mol. The number of rotatable bonds is 4. The van der Waals surface area contributed by atoms with Gasteiger partial charge in [0.15, 0.2) is 0 Å². The fraction of sp³-hybridized carbons (Fsp3) is 0.111. The van der Waals surface area contributed by atoms with Crippen LogP contribution in [-0.4, -0.2) is 15.8 Å². The number of para-hydroxylation sites is 1. The van der Waals surface area contributed by atoms with E-state index in [-0.39, 0.29) is 16.3 Å². The summed E-state index contributed by atoms with van der Waals surface area (Å²) in [4.78, 5) is 27.1. The van der Waals surface area contributed by atoms with Gasteiger partial charge in [0, 0.05) is 29.3 Å². The highest BCUT2D eigenvalue weighted by atomic mass is 35.5. The van der Waals surface area contributed by atoms with E-state index in [2.05, 4.69) is 10.3 Å². The van der Waals surface area contributed by atoms with Gasteiger partial charge >= 0.3 is 0 Å². The van der Waals surface area contributed by atoms with E-state index in [4.69, 9.17) is 11.6 Å². The Balaban J connectivity index is 1.84. The Morgan fingerprint density at radius 1 is 1.24 bits per heavy atom. The molecule has 2 aromatic carbocycles. The van der Waals surface area contributed by atoms with Crippen molar-refractivity contribution in [2.45, 2.75) is 13.5 Å². The predicted octanol–water partition coefficient (Wildman–Crippen LogP) is 4.03. The van der Waals surface area contributed by atoms with Crippen LogP contribution in [0.5, 0.6) is 0 Å². The van der Waals surface area contributed by atoms with Crippen LogP contribution in [0.3, 0.4) is 0 Å². The lowest BCUT2D eigenvalue weighted by atomic mass is 10.1. The van der Waals surface area contributed by atoms with Crippen LogP contribution in [-0.2, 0) is 6.54 Å². The number of carbonyl (C=O) groups excluding carboxylic acids is 1. The van der Waals surface area contributed by atoms with Gasteiger partial charge in [-0.3, -0.25) is 19.9 Å². The van der Waals surface area contributed by atoms with Gasteiger partial charge in [-0.1, -0.05) is 29.8 Å². The second-order valence-electron chi connectivity index (χ2n) is 5.55. The second kappa shape index (κ2) is 6.86. The minimum Gasteiger partial charge on any atom is -0.348 e. The SMILES string of the molecule is Cc1cc(CNC(=O)c2ccc(Cl)c([N+](=O)[O-])c2)c2ccccc2n1. The maximum Gasteiger partial charge on any atom is 0.288 e. The summed E-state index contributed by atoms with van der Waals surface area (Å²) in [5.74, 6) is -0.404. The molecule has 0 radical (unpaired) electrons. The third-order valence-electron chi connectivity index (χ3n) is 3.77. The molecule has 3 aromatic rings. The van der Waals surface area contributed by atoms with Crippen LogP contribution in [0.2, 0.25) is 5.02 Å². The van der Waals surface area contributed by atoms with Gasteiger partial charge in [-0.15, -0.1) is 0 Å². The topological polar surface area (TPSA) is 85.1 Å². The number of aryl methyl sites for hydroxylation is 1. The minimum atomic E-state index is -0.612. The number of fused-ring (bicyclic) bond motifs is 1. The van der Waals surface area contributed by atoms with Crippen molar-refractivity contribution in [3.8, 4) is 0 Å². The molecule has 0 atom stereocenters. The van der Waals surface area contributed by atoms with Crippen LogP contribution in [0.4, 0.5) is 5.69 Å². The van der Waals surface area contributed by atoms with Crippen LogP contribution < -0.4 is 5.32 Å². The van der Waals surface area contributed by atoms with E-state index < -0.39 is 10.8 Å². The van der Waals surface area contributed by atoms with Crippen LogP contribution >= 0.6 is 11.6 Å². The summed E-state index contributed by atoms with van der Waals surface area (Å²) in [6, 6.07) is 13.6. The van der Waals surface area contributed by atoms with Crippen molar-refractivity contribution in [1.82, 2.24) is 10.3 Å². The highest BCUT2D eigenvalue weighted by Gasteiger charge is 2.16. The fourth-order valence-corrected chi connectivity index (χ4v) is 2.80. The molecule has 0 saturated heterocycles.